The summed E-state index contributed by atoms with van der Waals surface area (Å²) in [5.74, 6) is 0. The lowest BCUT2D eigenvalue weighted by Crippen LogP contribution is -2.10. The highest BCUT2D eigenvalue weighted by Gasteiger charge is 2.04. The van der Waals surface area contributed by atoms with E-state index in [2.05, 4.69) is 0 Å². The largest absolute Gasteiger partial charge is 0.393 e. The maximum atomic E-state index is 12.1. The summed E-state index contributed by atoms with van der Waals surface area (Å²) in [5, 5.41) is 11.7. The highest BCUT2D eigenvalue weighted by atomic mass is 32.2. The average molecular weight is 373 g/mol. The molecule has 0 saturated carbocycles. The van der Waals surface area contributed by atoms with Crippen LogP contribution < -0.4 is 0 Å². The van der Waals surface area contributed by atoms with Gasteiger partial charge >= 0.3 is 0 Å². The molecular weight excluding hydrogens is 344 g/mol. The molecule has 0 aromatic heterocycles. The van der Waals surface area contributed by atoms with Crippen molar-refractivity contribution in [3.63, 3.8) is 0 Å². The van der Waals surface area contributed by atoms with E-state index in [1.165, 1.54) is 0 Å². The highest BCUT2D eigenvalue weighted by Crippen LogP contribution is 2.11. The van der Waals surface area contributed by atoms with Crippen LogP contribution >= 0.6 is 0 Å². The molecule has 0 radical (unpaired) electrons. The van der Waals surface area contributed by atoms with Crippen molar-refractivity contribution in [2.75, 3.05) is 6.61 Å². The van der Waals surface area contributed by atoms with Crippen LogP contribution in [-0.2, 0) is 22.1 Å². The average Bonchev–Trinajstić information content (AvgIpc) is 2.66. The second-order valence-corrected chi connectivity index (χ2v) is 7.73. The highest BCUT2D eigenvalue weighted by molar-refractivity contribution is 7.88. The minimum absolute atomic E-state index is 0.346. The second-order valence-electron chi connectivity index (χ2n) is 6.39. The molecule has 1 N–H and O–H groups in total. The summed E-state index contributed by atoms with van der Waals surface area (Å²) >= 11 is 0. The van der Waals surface area contributed by atoms with Crippen LogP contribution in [0, 0.1) is 6.92 Å². The van der Waals surface area contributed by atoms with Gasteiger partial charge in [-0.2, -0.15) is 0 Å². The third-order valence-electron chi connectivity index (χ3n) is 4.09. The first-order valence-electron chi connectivity index (χ1n) is 9.09. The zero-order valence-corrected chi connectivity index (χ0v) is 16.2. The zero-order chi connectivity index (χ0) is 18.6. The van der Waals surface area contributed by atoms with Gasteiger partial charge in [0, 0.05) is 16.9 Å². The molecule has 0 aliphatic rings. The van der Waals surface area contributed by atoms with E-state index in [4.69, 9.17) is 4.74 Å². The third-order valence-corrected chi connectivity index (χ3v) is 5.26. The van der Waals surface area contributed by atoms with E-state index >= 15 is 0 Å². The number of aryl methyl sites for hydroxylation is 1. The molecule has 0 spiro atoms. The molecule has 140 valence electrons. The first-order chi connectivity index (χ1) is 12.6. The molecule has 0 saturated heterocycles. The lowest BCUT2D eigenvalue weighted by atomic mass is 10.1. The Kier molecular flexibility index (Phi) is 9.32. The van der Waals surface area contributed by atoms with Crippen molar-refractivity contribution in [1.29, 1.82) is 0 Å². The van der Waals surface area contributed by atoms with Gasteiger partial charge in [0.25, 0.3) is 0 Å². The summed E-state index contributed by atoms with van der Waals surface area (Å²) in [6.45, 7) is 3.16. The van der Waals surface area contributed by atoms with Gasteiger partial charge in [-0.25, -0.2) is 4.21 Å². The van der Waals surface area contributed by atoms with Crippen LogP contribution in [0.1, 0.15) is 36.8 Å². The van der Waals surface area contributed by atoms with Crippen molar-refractivity contribution in [2.24, 2.45) is 0 Å². The van der Waals surface area contributed by atoms with Gasteiger partial charge in [-0.05, 0) is 50.3 Å². The van der Waals surface area contributed by atoms with Gasteiger partial charge in [0.15, 0.2) is 0 Å². The quantitative estimate of drug-likeness (QED) is 0.579. The molecule has 0 aliphatic heterocycles. The lowest BCUT2D eigenvalue weighted by molar-refractivity contribution is 0.0694. The molecule has 3 nitrogen and oxygen atoms in total. The maximum Gasteiger partial charge on any atom is 0.0772 e. The Morgan fingerprint density at radius 3 is 2.54 bits per heavy atom. The molecule has 0 amide bonds. The molecule has 26 heavy (non-hydrogen) atoms. The maximum absolute atomic E-state index is 12.1. The smallest absolute Gasteiger partial charge is 0.0772 e. The number of benzene rings is 2. The summed E-state index contributed by atoms with van der Waals surface area (Å²) in [6, 6.07) is 17.8. The number of rotatable bonds is 11. The van der Waals surface area contributed by atoms with Crippen molar-refractivity contribution >= 4 is 10.8 Å². The van der Waals surface area contributed by atoms with Crippen molar-refractivity contribution in [3.05, 3.63) is 77.2 Å². The van der Waals surface area contributed by atoms with Crippen molar-refractivity contribution in [2.45, 2.75) is 50.2 Å². The first kappa shape index (κ1) is 20.6. The van der Waals surface area contributed by atoms with Crippen LogP contribution in [0.15, 0.2) is 71.0 Å². The van der Waals surface area contributed by atoms with Gasteiger partial charge in [0.2, 0.25) is 0 Å². The van der Waals surface area contributed by atoms with E-state index in [0.717, 1.165) is 35.3 Å². The van der Waals surface area contributed by atoms with Crippen LogP contribution in [0.4, 0.5) is 0 Å². The van der Waals surface area contributed by atoms with Crippen LogP contribution in [0.3, 0.4) is 0 Å². The molecule has 1 unspecified atom stereocenters. The molecule has 2 atom stereocenters. The van der Waals surface area contributed by atoms with Gasteiger partial charge in [-0.1, -0.05) is 54.1 Å². The van der Waals surface area contributed by atoms with E-state index in [1.807, 2.05) is 67.6 Å². The van der Waals surface area contributed by atoms with Gasteiger partial charge in [0.05, 0.1) is 23.5 Å². The number of aliphatic hydroxyl groups is 1. The lowest BCUT2D eigenvalue weighted by Gasteiger charge is -2.10. The van der Waals surface area contributed by atoms with Gasteiger partial charge in [0.1, 0.15) is 0 Å². The second kappa shape index (κ2) is 11.8. The van der Waals surface area contributed by atoms with E-state index in [-0.39, 0.29) is 6.10 Å². The zero-order valence-electron chi connectivity index (χ0n) is 15.3. The minimum atomic E-state index is -1.09. The molecule has 0 heterocycles. The normalized spacial score (nSPS) is 13.8. The summed E-state index contributed by atoms with van der Waals surface area (Å²) < 4.78 is 17.7. The summed E-state index contributed by atoms with van der Waals surface area (Å²) in [6.07, 6.45) is 4.67. The molecule has 0 aliphatic carbocycles. The van der Waals surface area contributed by atoms with Gasteiger partial charge < -0.3 is 9.84 Å². The van der Waals surface area contributed by atoms with Crippen LogP contribution in [-0.4, -0.2) is 22.0 Å². The fourth-order valence-corrected chi connectivity index (χ4v) is 3.38. The molecule has 2 aromatic rings. The monoisotopic (exact) mass is 372 g/mol. The molecular formula is C22H28O3S. The van der Waals surface area contributed by atoms with Crippen LogP contribution in [0.25, 0.3) is 0 Å². The molecule has 0 fully saturated rings. The Morgan fingerprint density at radius 1 is 1.08 bits per heavy atom. The fraction of sp³-hybridized carbons (Fsp3) is 0.364. The predicted molar refractivity (Wildman–Crippen MR) is 107 cm³/mol. The SMILES string of the molecule is Cc1ccc([S@](=O)/C=C/CCCC(O)CCOCc2ccccc2)cc1. The number of ether oxygens (including phenoxy) is 1. The molecule has 2 rings (SSSR count). The van der Waals surface area contributed by atoms with Crippen molar-refractivity contribution in [1.82, 2.24) is 0 Å². The van der Waals surface area contributed by atoms with Gasteiger partial charge in [-0.15, -0.1) is 0 Å². The Labute approximate surface area is 159 Å². The number of hydrogen-bond donors (Lipinski definition) is 1. The minimum Gasteiger partial charge on any atom is -0.393 e. The van der Waals surface area contributed by atoms with Crippen LogP contribution in [0.2, 0.25) is 0 Å². The standard InChI is InChI=1S/C22H28O3S/c1-19-11-13-22(14-12-19)26(24)17-7-3-6-10-21(23)15-16-25-18-20-8-4-2-5-9-20/h2,4-5,7-9,11-14,17,21,23H,3,6,10,15-16,18H2,1H3/b17-7+/t21?,26-/m1/s1. The number of aliphatic hydroxyl groups excluding tert-OH is 1. The van der Waals surface area contributed by atoms with Crippen LogP contribution in [0.5, 0.6) is 0 Å². The Bertz CT molecular complexity index is 680. The Morgan fingerprint density at radius 2 is 1.81 bits per heavy atom. The van der Waals surface area contributed by atoms with E-state index in [9.17, 15) is 9.32 Å². The van der Waals surface area contributed by atoms with E-state index in [1.54, 1.807) is 5.41 Å². The number of allylic oxidation sites excluding steroid dienone is 1. The van der Waals surface area contributed by atoms with E-state index < -0.39 is 10.8 Å². The third kappa shape index (κ3) is 8.09. The topological polar surface area (TPSA) is 46.5 Å². The van der Waals surface area contributed by atoms with E-state index in [0.29, 0.717) is 19.6 Å². The van der Waals surface area contributed by atoms with Crippen molar-refractivity contribution < 1.29 is 14.1 Å². The number of hydrogen-bond acceptors (Lipinski definition) is 3. The fourth-order valence-electron chi connectivity index (χ4n) is 2.51. The summed E-state index contributed by atoms with van der Waals surface area (Å²) in [7, 11) is -1.09. The molecule has 4 heteroatoms. The molecule has 2 aromatic carbocycles. The van der Waals surface area contributed by atoms with Crippen molar-refractivity contribution in [3.8, 4) is 0 Å². The predicted octanol–water partition coefficient (Wildman–Crippen LogP) is 4.75. The Hall–Kier alpha value is -1.75. The molecule has 0 bridgehead atoms. The summed E-state index contributed by atoms with van der Waals surface area (Å²) in [4.78, 5) is 0.822. The van der Waals surface area contributed by atoms with Gasteiger partial charge in [-0.3, -0.25) is 0 Å². The Balaban J connectivity index is 1.54. The first-order valence-corrected chi connectivity index (χ1v) is 10.3. The summed E-state index contributed by atoms with van der Waals surface area (Å²) in [5.41, 5.74) is 2.31. The number of unbranched alkanes of at least 4 members (excludes halogenated alkanes) is 1.